The minimum absolute atomic E-state index is 0.0615. The lowest BCUT2D eigenvalue weighted by Crippen LogP contribution is -2.45. The van der Waals surface area contributed by atoms with Crippen molar-refractivity contribution in [2.45, 2.75) is 13.1 Å². The number of hydrogen-bond acceptors (Lipinski definition) is 0. The molecule has 1 aromatic rings. The topological polar surface area (TPSA) is 0 Å². The van der Waals surface area contributed by atoms with Crippen LogP contribution < -0.4 is 5.19 Å². The molecule has 0 fully saturated rings. The molecule has 0 amide bonds. The van der Waals surface area contributed by atoms with Crippen molar-refractivity contribution in [1.82, 2.24) is 0 Å². The number of alkyl halides is 1. The highest BCUT2D eigenvalue weighted by Crippen LogP contribution is 2.08. The highest BCUT2D eigenvalue weighted by molar-refractivity contribution is 9.09. The Balaban J connectivity index is 3.10. The molecule has 0 spiro atoms. The normalized spacial score (nSPS) is 11.7. The van der Waals surface area contributed by atoms with Crippen LogP contribution in [0.1, 0.15) is 0 Å². The van der Waals surface area contributed by atoms with Gasteiger partial charge in [-0.1, -0.05) is 47.2 Å². The third-order valence-corrected chi connectivity index (χ3v) is 8.67. The molecule has 0 saturated carbocycles. The molecular weight excluding hydrogens is 235 g/mol. The smallest absolute Gasteiger partial charge is 0.122 e. The number of benzene rings is 1. The molecule has 0 N–H and O–H groups in total. The summed E-state index contributed by atoms with van der Waals surface area (Å²) in [5, 5.41) is 0.905. The summed E-state index contributed by atoms with van der Waals surface area (Å²) in [6.07, 6.45) is 0. The standard InChI is InChI=1S/C9H12BrFSi/c1-12(2,7-10)9-6-4-3-5-8(9)11/h3-6H,7H2,1-2H3. The van der Waals surface area contributed by atoms with Gasteiger partial charge in [-0.3, -0.25) is 0 Å². The first-order valence-electron chi connectivity index (χ1n) is 3.89. The van der Waals surface area contributed by atoms with Crippen LogP contribution in [0.4, 0.5) is 4.39 Å². The molecule has 1 aromatic carbocycles. The lowest BCUT2D eigenvalue weighted by atomic mass is 10.3. The van der Waals surface area contributed by atoms with Gasteiger partial charge in [-0.15, -0.1) is 0 Å². The van der Waals surface area contributed by atoms with Gasteiger partial charge in [-0.2, -0.15) is 0 Å². The van der Waals surface area contributed by atoms with E-state index in [-0.39, 0.29) is 5.82 Å². The van der Waals surface area contributed by atoms with Crippen LogP contribution in [0.3, 0.4) is 0 Å². The van der Waals surface area contributed by atoms with Gasteiger partial charge in [-0.25, -0.2) is 4.39 Å². The molecule has 0 aliphatic heterocycles. The highest BCUT2D eigenvalue weighted by Gasteiger charge is 2.24. The Labute approximate surface area is 81.9 Å². The average molecular weight is 247 g/mol. The molecule has 66 valence electrons. The van der Waals surface area contributed by atoms with E-state index in [0.717, 1.165) is 10.1 Å². The maximum Gasteiger partial charge on any atom is 0.122 e. The summed E-state index contributed by atoms with van der Waals surface area (Å²) in [6.45, 7) is 4.31. The first kappa shape index (κ1) is 9.93. The second-order valence-electron chi connectivity index (χ2n) is 3.50. The van der Waals surface area contributed by atoms with Crippen LogP contribution in [-0.2, 0) is 0 Å². The zero-order chi connectivity index (χ0) is 9.19. The lowest BCUT2D eigenvalue weighted by molar-refractivity contribution is 0.635. The summed E-state index contributed by atoms with van der Waals surface area (Å²) in [5.41, 5.74) is 0. The van der Waals surface area contributed by atoms with Crippen molar-refractivity contribution in [2.75, 3.05) is 4.95 Å². The van der Waals surface area contributed by atoms with Crippen LogP contribution in [-0.4, -0.2) is 13.0 Å². The zero-order valence-corrected chi connectivity index (χ0v) is 9.86. The van der Waals surface area contributed by atoms with Crippen molar-refractivity contribution >= 4 is 29.2 Å². The Hall–Kier alpha value is -0.153. The van der Waals surface area contributed by atoms with E-state index in [1.54, 1.807) is 6.07 Å². The van der Waals surface area contributed by atoms with Gasteiger partial charge in [0, 0.05) is 4.95 Å². The van der Waals surface area contributed by atoms with Gasteiger partial charge >= 0.3 is 0 Å². The molecule has 0 atom stereocenters. The Kier molecular flexibility index (Phi) is 3.07. The first-order chi connectivity index (χ1) is 5.58. The molecule has 0 heterocycles. The minimum Gasteiger partial charge on any atom is -0.207 e. The van der Waals surface area contributed by atoms with Crippen molar-refractivity contribution in [3.05, 3.63) is 30.1 Å². The molecule has 0 unspecified atom stereocenters. The van der Waals surface area contributed by atoms with E-state index >= 15 is 0 Å². The van der Waals surface area contributed by atoms with Crippen LogP contribution in [0.2, 0.25) is 13.1 Å². The molecular formula is C9H12BrFSi. The van der Waals surface area contributed by atoms with Crippen molar-refractivity contribution in [2.24, 2.45) is 0 Å². The van der Waals surface area contributed by atoms with Gasteiger partial charge in [0.15, 0.2) is 0 Å². The fourth-order valence-corrected chi connectivity index (χ4v) is 3.41. The first-order valence-corrected chi connectivity index (χ1v) is 8.22. The second kappa shape index (κ2) is 3.71. The maximum absolute atomic E-state index is 13.3. The van der Waals surface area contributed by atoms with E-state index in [1.165, 1.54) is 6.07 Å². The molecule has 0 aromatic heterocycles. The predicted molar refractivity (Wildman–Crippen MR) is 57.3 cm³/mol. The summed E-state index contributed by atoms with van der Waals surface area (Å²) < 4.78 is 13.3. The summed E-state index contributed by atoms with van der Waals surface area (Å²) in [4.78, 5) is 0.904. The molecule has 1 rings (SSSR count). The third kappa shape index (κ3) is 1.96. The number of rotatable bonds is 2. The van der Waals surface area contributed by atoms with Crippen LogP contribution >= 0.6 is 15.9 Å². The summed E-state index contributed by atoms with van der Waals surface area (Å²) >= 11 is 3.44. The molecule has 0 nitrogen and oxygen atoms in total. The van der Waals surface area contributed by atoms with Crippen LogP contribution in [0.5, 0.6) is 0 Å². The fraction of sp³-hybridized carbons (Fsp3) is 0.333. The Morgan fingerprint density at radius 3 is 2.42 bits per heavy atom. The third-order valence-electron chi connectivity index (χ3n) is 1.94. The zero-order valence-electron chi connectivity index (χ0n) is 7.27. The van der Waals surface area contributed by atoms with Crippen molar-refractivity contribution in [1.29, 1.82) is 0 Å². The summed E-state index contributed by atoms with van der Waals surface area (Å²) in [7, 11) is -1.56. The van der Waals surface area contributed by atoms with Crippen molar-refractivity contribution < 1.29 is 4.39 Å². The van der Waals surface area contributed by atoms with E-state index in [1.807, 2.05) is 12.1 Å². The quantitative estimate of drug-likeness (QED) is 0.556. The van der Waals surface area contributed by atoms with E-state index < -0.39 is 8.07 Å². The van der Waals surface area contributed by atoms with Crippen molar-refractivity contribution in [3.63, 3.8) is 0 Å². The maximum atomic E-state index is 13.3. The molecule has 3 heteroatoms. The fourth-order valence-electron chi connectivity index (χ4n) is 1.08. The van der Waals surface area contributed by atoms with E-state index in [0.29, 0.717) is 0 Å². The monoisotopic (exact) mass is 246 g/mol. The predicted octanol–water partition coefficient (Wildman–Crippen LogP) is 2.68. The Morgan fingerprint density at radius 1 is 1.33 bits per heavy atom. The number of halogens is 2. The molecule has 0 saturated heterocycles. The average Bonchev–Trinajstić information content (AvgIpc) is 2.05. The Bertz CT molecular complexity index is 273. The summed E-state index contributed by atoms with van der Waals surface area (Å²) in [6, 6.07) is 7.06. The van der Waals surface area contributed by atoms with Crippen molar-refractivity contribution in [3.8, 4) is 0 Å². The molecule has 12 heavy (non-hydrogen) atoms. The largest absolute Gasteiger partial charge is 0.207 e. The van der Waals surface area contributed by atoms with E-state index in [9.17, 15) is 4.39 Å². The number of hydrogen-bond donors (Lipinski definition) is 0. The van der Waals surface area contributed by atoms with Crippen LogP contribution in [0.25, 0.3) is 0 Å². The van der Waals surface area contributed by atoms with Crippen LogP contribution in [0, 0.1) is 5.82 Å². The Morgan fingerprint density at radius 2 is 1.92 bits per heavy atom. The highest BCUT2D eigenvalue weighted by atomic mass is 79.9. The van der Waals surface area contributed by atoms with E-state index in [2.05, 4.69) is 29.0 Å². The van der Waals surface area contributed by atoms with Gasteiger partial charge < -0.3 is 0 Å². The van der Waals surface area contributed by atoms with Gasteiger partial charge in [-0.05, 0) is 11.3 Å². The molecule has 0 aliphatic rings. The minimum atomic E-state index is -1.56. The van der Waals surface area contributed by atoms with Crippen LogP contribution in [0.15, 0.2) is 24.3 Å². The molecule has 0 bridgehead atoms. The van der Waals surface area contributed by atoms with Gasteiger partial charge in [0.1, 0.15) is 5.82 Å². The molecule has 0 radical (unpaired) electrons. The second-order valence-corrected chi connectivity index (χ2v) is 9.75. The van der Waals surface area contributed by atoms with Gasteiger partial charge in [0.25, 0.3) is 0 Å². The SMILES string of the molecule is C[Si](C)(CBr)c1ccccc1F. The van der Waals surface area contributed by atoms with E-state index in [4.69, 9.17) is 0 Å². The molecule has 0 aliphatic carbocycles. The summed E-state index contributed by atoms with van der Waals surface area (Å²) in [5.74, 6) is -0.0615. The lowest BCUT2D eigenvalue weighted by Gasteiger charge is -2.19. The van der Waals surface area contributed by atoms with Gasteiger partial charge in [0.05, 0.1) is 8.07 Å². The van der Waals surface area contributed by atoms with Gasteiger partial charge in [0.2, 0.25) is 0 Å².